The predicted octanol–water partition coefficient (Wildman–Crippen LogP) is 3.68. The van der Waals surface area contributed by atoms with Gasteiger partial charge in [0.1, 0.15) is 11.5 Å². The van der Waals surface area contributed by atoms with Crippen LogP contribution in [0.1, 0.15) is 23.2 Å². The Kier molecular flexibility index (Phi) is 5.18. The molecule has 6 nitrogen and oxygen atoms in total. The van der Waals surface area contributed by atoms with Crippen LogP contribution in [-0.4, -0.2) is 39.6 Å². The van der Waals surface area contributed by atoms with Crippen molar-refractivity contribution in [1.82, 2.24) is 25.2 Å². The Morgan fingerprint density at radius 1 is 1.00 bits per heavy atom. The first-order valence-electron chi connectivity index (χ1n) is 10.4. The molecule has 1 amide bonds. The lowest BCUT2D eigenvalue weighted by atomic mass is 10.0. The number of rotatable bonds is 4. The molecule has 156 valence electrons. The lowest BCUT2D eigenvalue weighted by Gasteiger charge is -2.23. The van der Waals surface area contributed by atoms with E-state index >= 15 is 0 Å². The molecular formula is C24H22FN5O. The van der Waals surface area contributed by atoms with Gasteiger partial charge in [-0.2, -0.15) is 5.10 Å². The summed E-state index contributed by atoms with van der Waals surface area (Å²) in [4.78, 5) is 16.9. The Hall–Kier alpha value is -3.58. The number of nitrogens with zero attached hydrogens (tertiary/aromatic N) is 3. The molecule has 5 rings (SSSR count). The quantitative estimate of drug-likeness (QED) is 0.533. The van der Waals surface area contributed by atoms with Gasteiger partial charge in [0, 0.05) is 35.8 Å². The van der Waals surface area contributed by atoms with Gasteiger partial charge in [0.25, 0.3) is 5.91 Å². The number of aromatic nitrogens is 3. The molecule has 1 saturated heterocycles. The molecule has 0 spiro atoms. The second-order valence-electron chi connectivity index (χ2n) is 7.71. The number of amides is 1. The van der Waals surface area contributed by atoms with Gasteiger partial charge in [0.05, 0.1) is 11.1 Å². The van der Waals surface area contributed by atoms with Crippen molar-refractivity contribution >= 4 is 11.4 Å². The van der Waals surface area contributed by atoms with Crippen molar-refractivity contribution in [3.63, 3.8) is 0 Å². The van der Waals surface area contributed by atoms with Crippen LogP contribution in [0.15, 0.2) is 67.1 Å². The van der Waals surface area contributed by atoms with Gasteiger partial charge in [-0.15, -0.1) is 0 Å². The van der Waals surface area contributed by atoms with Crippen LogP contribution in [0.4, 0.5) is 4.39 Å². The smallest absolute Gasteiger partial charge is 0.253 e. The van der Waals surface area contributed by atoms with E-state index in [1.54, 1.807) is 35.2 Å². The lowest BCUT2D eigenvalue weighted by molar-refractivity contribution is 0.0929. The molecule has 31 heavy (non-hydrogen) atoms. The number of hydrogen-bond acceptors (Lipinski definition) is 4. The molecule has 1 aliphatic heterocycles. The van der Waals surface area contributed by atoms with Crippen LogP contribution in [0.3, 0.4) is 0 Å². The summed E-state index contributed by atoms with van der Waals surface area (Å²) in [6.07, 6.45) is 7.07. The van der Waals surface area contributed by atoms with Gasteiger partial charge in [0.15, 0.2) is 0 Å². The Morgan fingerprint density at radius 3 is 2.48 bits per heavy atom. The van der Waals surface area contributed by atoms with Crippen molar-refractivity contribution < 1.29 is 9.18 Å². The molecule has 7 heteroatoms. The van der Waals surface area contributed by atoms with E-state index in [4.69, 9.17) is 5.10 Å². The fourth-order valence-electron chi connectivity index (χ4n) is 4.03. The zero-order valence-electron chi connectivity index (χ0n) is 16.9. The number of halogens is 1. The summed E-state index contributed by atoms with van der Waals surface area (Å²) in [6, 6.07) is 14.0. The van der Waals surface area contributed by atoms with Gasteiger partial charge < -0.3 is 10.6 Å². The van der Waals surface area contributed by atoms with E-state index in [1.165, 1.54) is 12.1 Å². The third-order valence-corrected chi connectivity index (χ3v) is 5.65. The highest BCUT2D eigenvalue weighted by Gasteiger charge is 2.20. The highest BCUT2D eigenvalue weighted by Crippen LogP contribution is 2.35. The summed E-state index contributed by atoms with van der Waals surface area (Å²) >= 11 is 0. The first kappa shape index (κ1) is 19.4. The Balaban J connectivity index is 1.57. The maximum Gasteiger partial charge on any atom is 0.253 e. The van der Waals surface area contributed by atoms with Crippen molar-refractivity contribution in [2.24, 2.45) is 0 Å². The van der Waals surface area contributed by atoms with Gasteiger partial charge in [-0.3, -0.25) is 9.78 Å². The topological polar surface area (TPSA) is 71.3 Å². The third-order valence-electron chi connectivity index (χ3n) is 5.65. The van der Waals surface area contributed by atoms with Crippen LogP contribution >= 0.6 is 0 Å². The minimum Gasteiger partial charge on any atom is -0.349 e. The minimum absolute atomic E-state index is 0.0990. The Labute approximate surface area is 179 Å². The lowest BCUT2D eigenvalue weighted by Crippen LogP contribution is -2.42. The molecular weight excluding hydrogens is 393 g/mol. The molecule has 0 saturated carbocycles. The minimum atomic E-state index is -0.296. The predicted molar refractivity (Wildman–Crippen MR) is 117 cm³/mol. The number of benzene rings is 1. The first-order valence-corrected chi connectivity index (χ1v) is 10.4. The maximum atomic E-state index is 13.5. The summed E-state index contributed by atoms with van der Waals surface area (Å²) < 4.78 is 15.2. The monoisotopic (exact) mass is 415 g/mol. The normalized spacial score (nSPS) is 14.6. The molecule has 2 N–H and O–H groups in total. The average molecular weight is 415 g/mol. The number of fused-ring (bicyclic) bond motifs is 1. The molecule has 1 aliphatic rings. The van der Waals surface area contributed by atoms with Crippen molar-refractivity contribution in [2.45, 2.75) is 18.9 Å². The van der Waals surface area contributed by atoms with E-state index in [2.05, 4.69) is 15.6 Å². The summed E-state index contributed by atoms with van der Waals surface area (Å²) in [6.45, 7) is 1.83. The van der Waals surface area contributed by atoms with Gasteiger partial charge in [-0.05, 0) is 80.0 Å². The average Bonchev–Trinajstić information content (AvgIpc) is 3.19. The molecule has 0 radical (unpaired) electrons. The molecule has 0 unspecified atom stereocenters. The molecule has 0 atom stereocenters. The summed E-state index contributed by atoms with van der Waals surface area (Å²) in [5, 5.41) is 11.2. The van der Waals surface area contributed by atoms with E-state index in [1.807, 2.05) is 24.3 Å². The Bertz CT molecular complexity index is 1210. The van der Waals surface area contributed by atoms with Crippen molar-refractivity contribution in [2.75, 3.05) is 13.1 Å². The number of carbonyl (C=O) groups is 1. The van der Waals surface area contributed by atoms with Crippen LogP contribution in [0.25, 0.3) is 27.9 Å². The number of carbonyl (C=O) groups excluding carboxylic acids is 1. The fourth-order valence-corrected chi connectivity index (χ4v) is 4.03. The highest BCUT2D eigenvalue weighted by atomic mass is 19.1. The molecule has 3 aromatic heterocycles. The van der Waals surface area contributed by atoms with E-state index in [-0.39, 0.29) is 17.8 Å². The summed E-state index contributed by atoms with van der Waals surface area (Å²) in [5.74, 6) is -0.395. The van der Waals surface area contributed by atoms with E-state index in [9.17, 15) is 9.18 Å². The number of pyridine rings is 2. The molecule has 4 aromatic rings. The highest BCUT2D eigenvalue weighted by molar-refractivity contribution is 5.96. The van der Waals surface area contributed by atoms with Crippen LogP contribution in [0.5, 0.6) is 0 Å². The first-order chi connectivity index (χ1) is 15.2. The van der Waals surface area contributed by atoms with Gasteiger partial charge in [-0.25, -0.2) is 8.91 Å². The molecule has 1 aromatic carbocycles. The van der Waals surface area contributed by atoms with Crippen LogP contribution < -0.4 is 10.6 Å². The van der Waals surface area contributed by atoms with E-state index in [0.29, 0.717) is 5.56 Å². The zero-order valence-corrected chi connectivity index (χ0v) is 16.9. The van der Waals surface area contributed by atoms with Crippen molar-refractivity contribution in [3.8, 4) is 22.4 Å². The Morgan fingerprint density at radius 2 is 1.74 bits per heavy atom. The largest absolute Gasteiger partial charge is 0.349 e. The second-order valence-corrected chi connectivity index (χ2v) is 7.71. The SMILES string of the molecule is O=C(NC1CCNCC1)c1ccc2c(-c3ccncc3)c(-c3ccc(F)cc3)nn2c1. The zero-order chi connectivity index (χ0) is 21.2. The van der Waals surface area contributed by atoms with E-state index in [0.717, 1.165) is 53.8 Å². The molecule has 0 aliphatic carbocycles. The van der Waals surface area contributed by atoms with Crippen molar-refractivity contribution in [3.05, 3.63) is 78.5 Å². The fraction of sp³-hybridized carbons (Fsp3) is 0.208. The molecule has 4 heterocycles. The number of nitrogens with one attached hydrogen (secondary N) is 2. The summed E-state index contributed by atoms with van der Waals surface area (Å²) in [7, 11) is 0. The molecule has 0 bridgehead atoms. The second kappa shape index (κ2) is 8.28. The molecule has 1 fully saturated rings. The van der Waals surface area contributed by atoms with E-state index < -0.39 is 0 Å². The summed E-state index contributed by atoms with van der Waals surface area (Å²) in [5.41, 5.74) is 4.82. The van der Waals surface area contributed by atoms with Crippen LogP contribution in [0, 0.1) is 5.82 Å². The van der Waals surface area contributed by atoms with Gasteiger partial charge >= 0.3 is 0 Å². The van der Waals surface area contributed by atoms with Crippen LogP contribution in [-0.2, 0) is 0 Å². The van der Waals surface area contributed by atoms with Crippen molar-refractivity contribution in [1.29, 1.82) is 0 Å². The maximum absolute atomic E-state index is 13.5. The third kappa shape index (κ3) is 3.92. The number of hydrogen-bond donors (Lipinski definition) is 2. The number of piperidine rings is 1. The van der Waals surface area contributed by atoms with Gasteiger partial charge in [0.2, 0.25) is 0 Å². The standard InChI is InChI=1S/C24H22FN5O/c25-19-4-1-17(2-5-19)23-22(16-7-11-26-12-8-16)21-6-3-18(15-30(21)29-23)24(31)28-20-9-13-27-14-10-20/h1-8,11-12,15,20,27H,9-10,13-14H2,(H,28,31). The van der Waals surface area contributed by atoms with Gasteiger partial charge in [-0.1, -0.05) is 0 Å². The van der Waals surface area contributed by atoms with Crippen LogP contribution in [0.2, 0.25) is 0 Å².